The maximum absolute atomic E-state index is 12.6. The second-order valence-corrected chi connectivity index (χ2v) is 7.01. The molecular weight excluding hydrogens is 374 g/mol. The topological polar surface area (TPSA) is 111 Å². The second-order valence-electron chi connectivity index (χ2n) is 7.01. The molecule has 2 amide bonds. The molecule has 0 aliphatic rings. The van der Waals surface area contributed by atoms with E-state index in [4.69, 9.17) is 4.74 Å². The highest BCUT2D eigenvalue weighted by atomic mass is 16.6. The number of ether oxygens (including phenoxy) is 1. The van der Waals surface area contributed by atoms with Gasteiger partial charge in [-0.05, 0) is 36.6 Å². The van der Waals surface area contributed by atoms with Gasteiger partial charge in [0.2, 0.25) is 5.91 Å². The van der Waals surface area contributed by atoms with Crippen molar-refractivity contribution in [1.29, 1.82) is 0 Å². The molecule has 0 saturated heterocycles. The highest BCUT2D eigenvalue weighted by Crippen LogP contribution is 2.24. The van der Waals surface area contributed by atoms with Crippen molar-refractivity contribution in [2.75, 3.05) is 7.11 Å². The number of benzene rings is 2. The van der Waals surface area contributed by atoms with Crippen LogP contribution < -0.4 is 15.4 Å². The molecule has 2 atom stereocenters. The van der Waals surface area contributed by atoms with Gasteiger partial charge in [0.15, 0.2) is 0 Å². The fourth-order valence-electron chi connectivity index (χ4n) is 2.83. The standard InChI is InChI=1S/C21H25N3O5/c1-13(2)19(15-8-10-18(29-4)11-9-15)23-20(25)14(3)22-21(26)16-6-5-7-17(12-16)24(27)28/h5-14,19H,1-4H3,(H,22,26)(H,23,25). The Morgan fingerprint density at radius 2 is 1.69 bits per heavy atom. The summed E-state index contributed by atoms with van der Waals surface area (Å²) in [4.78, 5) is 35.3. The Labute approximate surface area is 169 Å². The Balaban J connectivity index is 2.06. The van der Waals surface area contributed by atoms with Crippen molar-refractivity contribution < 1.29 is 19.2 Å². The number of hydrogen-bond donors (Lipinski definition) is 2. The summed E-state index contributed by atoms with van der Waals surface area (Å²) in [7, 11) is 1.59. The first-order valence-corrected chi connectivity index (χ1v) is 9.22. The van der Waals surface area contributed by atoms with E-state index in [2.05, 4.69) is 10.6 Å². The van der Waals surface area contributed by atoms with Gasteiger partial charge in [-0.15, -0.1) is 0 Å². The third-order valence-corrected chi connectivity index (χ3v) is 4.50. The van der Waals surface area contributed by atoms with Crippen LogP contribution in [0.3, 0.4) is 0 Å². The summed E-state index contributed by atoms with van der Waals surface area (Å²) in [6.07, 6.45) is 0. The minimum Gasteiger partial charge on any atom is -0.497 e. The lowest BCUT2D eigenvalue weighted by atomic mass is 9.95. The summed E-state index contributed by atoms with van der Waals surface area (Å²) >= 11 is 0. The monoisotopic (exact) mass is 399 g/mol. The van der Waals surface area contributed by atoms with E-state index in [0.29, 0.717) is 0 Å². The van der Waals surface area contributed by atoms with Crippen LogP contribution in [0.15, 0.2) is 48.5 Å². The van der Waals surface area contributed by atoms with Crippen LogP contribution in [0.5, 0.6) is 5.75 Å². The molecule has 0 bridgehead atoms. The quantitative estimate of drug-likeness (QED) is 0.523. The van der Waals surface area contributed by atoms with Crippen LogP contribution in [0.2, 0.25) is 0 Å². The van der Waals surface area contributed by atoms with Gasteiger partial charge in [-0.2, -0.15) is 0 Å². The number of nitro benzene ring substituents is 1. The van der Waals surface area contributed by atoms with Gasteiger partial charge in [0.25, 0.3) is 11.6 Å². The molecule has 0 heterocycles. The van der Waals surface area contributed by atoms with Crippen molar-refractivity contribution in [3.8, 4) is 5.75 Å². The van der Waals surface area contributed by atoms with E-state index in [0.717, 1.165) is 11.3 Å². The van der Waals surface area contributed by atoms with Gasteiger partial charge in [0.1, 0.15) is 11.8 Å². The molecule has 0 aliphatic carbocycles. The molecule has 2 unspecified atom stereocenters. The maximum Gasteiger partial charge on any atom is 0.270 e. The van der Waals surface area contributed by atoms with Gasteiger partial charge in [0, 0.05) is 17.7 Å². The summed E-state index contributed by atoms with van der Waals surface area (Å²) in [5.41, 5.74) is 0.856. The van der Waals surface area contributed by atoms with Crippen molar-refractivity contribution in [2.45, 2.75) is 32.9 Å². The van der Waals surface area contributed by atoms with E-state index in [9.17, 15) is 19.7 Å². The molecule has 2 N–H and O–H groups in total. The van der Waals surface area contributed by atoms with Gasteiger partial charge in [-0.25, -0.2) is 0 Å². The van der Waals surface area contributed by atoms with Crippen molar-refractivity contribution in [2.24, 2.45) is 5.92 Å². The number of methoxy groups -OCH3 is 1. The van der Waals surface area contributed by atoms with Crippen LogP contribution in [0, 0.1) is 16.0 Å². The molecule has 0 spiro atoms. The van der Waals surface area contributed by atoms with Gasteiger partial charge in [0.05, 0.1) is 18.1 Å². The van der Waals surface area contributed by atoms with E-state index in [1.807, 2.05) is 38.1 Å². The summed E-state index contributed by atoms with van der Waals surface area (Å²) < 4.78 is 5.16. The number of nitrogens with zero attached hydrogens (tertiary/aromatic N) is 1. The molecule has 0 aliphatic heterocycles. The lowest BCUT2D eigenvalue weighted by Gasteiger charge is -2.25. The summed E-state index contributed by atoms with van der Waals surface area (Å²) in [5, 5.41) is 16.4. The Bertz CT molecular complexity index is 880. The zero-order valence-electron chi connectivity index (χ0n) is 16.8. The predicted octanol–water partition coefficient (Wildman–Crippen LogP) is 3.24. The number of non-ortho nitro benzene ring substituents is 1. The van der Waals surface area contributed by atoms with Crippen LogP contribution in [0.25, 0.3) is 0 Å². The summed E-state index contributed by atoms with van der Waals surface area (Å²) in [6.45, 7) is 5.54. The van der Waals surface area contributed by atoms with E-state index in [1.54, 1.807) is 14.0 Å². The van der Waals surface area contributed by atoms with Crippen molar-refractivity contribution in [3.05, 3.63) is 69.8 Å². The minimum absolute atomic E-state index is 0.118. The van der Waals surface area contributed by atoms with Crippen molar-refractivity contribution >= 4 is 17.5 Å². The average molecular weight is 399 g/mol. The number of carbonyl (C=O) groups is 2. The SMILES string of the molecule is COc1ccc(C(NC(=O)C(C)NC(=O)c2cccc([N+](=O)[O-])c2)C(C)C)cc1. The van der Waals surface area contributed by atoms with Gasteiger partial charge in [-0.1, -0.05) is 32.0 Å². The molecule has 0 aromatic heterocycles. The summed E-state index contributed by atoms with van der Waals surface area (Å²) in [6, 6.07) is 11.7. The average Bonchev–Trinajstić information content (AvgIpc) is 2.71. The smallest absolute Gasteiger partial charge is 0.270 e. The number of hydrogen-bond acceptors (Lipinski definition) is 5. The molecular formula is C21H25N3O5. The van der Waals surface area contributed by atoms with Crippen LogP contribution >= 0.6 is 0 Å². The highest BCUT2D eigenvalue weighted by Gasteiger charge is 2.23. The van der Waals surface area contributed by atoms with E-state index < -0.39 is 16.9 Å². The number of amides is 2. The van der Waals surface area contributed by atoms with Crippen LogP contribution in [0.1, 0.15) is 42.7 Å². The minimum atomic E-state index is -0.818. The largest absolute Gasteiger partial charge is 0.497 e. The lowest BCUT2D eigenvalue weighted by molar-refractivity contribution is -0.384. The molecule has 0 saturated carbocycles. The van der Waals surface area contributed by atoms with Crippen LogP contribution in [0.4, 0.5) is 5.69 Å². The normalized spacial score (nSPS) is 12.7. The Morgan fingerprint density at radius 1 is 1.03 bits per heavy atom. The Morgan fingerprint density at radius 3 is 2.24 bits per heavy atom. The third kappa shape index (κ3) is 5.78. The van der Waals surface area contributed by atoms with Crippen LogP contribution in [-0.4, -0.2) is 29.9 Å². The van der Waals surface area contributed by atoms with E-state index in [-0.39, 0.29) is 29.1 Å². The maximum atomic E-state index is 12.6. The number of nitro groups is 1. The summed E-state index contributed by atoms with van der Waals surface area (Å²) in [5.74, 6) is -0.0626. The van der Waals surface area contributed by atoms with E-state index >= 15 is 0 Å². The fraction of sp³-hybridized carbons (Fsp3) is 0.333. The van der Waals surface area contributed by atoms with Crippen molar-refractivity contribution in [3.63, 3.8) is 0 Å². The second kappa shape index (κ2) is 9.68. The van der Waals surface area contributed by atoms with Gasteiger partial charge < -0.3 is 15.4 Å². The first-order valence-electron chi connectivity index (χ1n) is 9.22. The van der Waals surface area contributed by atoms with E-state index in [1.165, 1.54) is 24.3 Å². The van der Waals surface area contributed by atoms with Crippen molar-refractivity contribution in [1.82, 2.24) is 10.6 Å². The zero-order valence-corrected chi connectivity index (χ0v) is 16.8. The molecule has 29 heavy (non-hydrogen) atoms. The highest BCUT2D eigenvalue weighted by molar-refractivity contribution is 5.97. The number of carbonyl (C=O) groups excluding carboxylic acids is 2. The first kappa shape index (κ1) is 21.9. The van der Waals surface area contributed by atoms with Crippen LogP contribution in [-0.2, 0) is 4.79 Å². The molecule has 8 nitrogen and oxygen atoms in total. The number of nitrogens with one attached hydrogen (secondary N) is 2. The molecule has 2 aromatic rings. The predicted molar refractivity (Wildman–Crippen MR) is 109 cm³/mol. The first-order chi connectivity index (χ1) is 13.7. The lowest BCUT2D eigenvalue weighted by Crippen LogP contribution is -2.46. The van der Waals surface area contributed by atoms with Gasteiger partial charge in [-0.3, -0.25) is 19.7 Å². The molecule has 8 heteroatoms. The Hall–Kier alpha value is -3.42. The third-order valence-electron chi connectivity index (χ3n) is 4.50. The fourth-order valence-corrected chi connectivity index (χ4v) is 2.83. The molecule has 154 valence electrons. The molecule has 2 aromatic carbocycles. The van der Waals surface area contributed by atoms with Gasteiger partial charge >= 0.3 is 0 Å². The molecule has 0 fully saturated rings. The molecule has 2 rings (SSSR count). The zero-order chi connectivity index (χ0) is 21.6. The molecule has 0 radical (unpaired) electrons. The Kier molecular flexibility index (Phi) is 7.30. The number of rotatable bonds is 8.